The van der Waals surface area contributed by atoms with Crippen LogP contribution in [0.25, 0.3) is 11.0 Å². The molecule has 1 atom stereocenters. The third-order valence-corrected chi connectivity index (χ3v) is 6.15. The van der Waals surface area contributed by atoms with Gasteiger partial charge in [0.15, 0.2) is 0 Å². The Morgan fingerprint density at radius 3 is 2.74 bits per heavy atom. The van der Waals surface area contributed by atoms with Gasteiger partial charge in [0.1, 0.15) is 5.60 Å². The first-order chi connectivity index (χ1) is 12.5. The lowest BCUT2D eigenvalue weighted by Crippen LogP contribution is -2.36. The van der Waals surface area contributed by atoms with E-state index in [0.29, 0.717) is 5.52 Å². The minimum Gasteiger partial charge on any atom is -0.444 e. The monoisotopic (exact) mass is 396 g/mol. The summed E-state index contributed by atoms with van der Waals surface area (Å²) in [7, 11) is -3.83. The average Bonchev–Trinajstić information content (AvgIpc) is 3.20. The molecule has 1 fully saturated rings. The Balaban J connectivity index is 1.82. The number of likely N-dealkylation sites (tertiary alicyclic amines) is 1. The van der Waals surface area contributed by atoms with E-state index in [0.717, 1.165) is 0 Å². The van der Waals surface area contributed by atoms with Gasteiger partial charge in [-0.25, -0.2) is 18.2 Å². The highest BCUT2D eigenvalue weighted by Crippen LogP contribution is 2.26. The summed E-state index contributed by atoms with van der Waals surface area (Å²) in [5.74, 6) is 0. The predicted molar refractivity (Wildman–Crippen MR) is 96.1 cm³/mol. The molecule has 0 radical (unpaired) electrons. The number of nitrogens with zero attached hydrogens (tertiary/aromatic N) is 3. The van der Waals surface area contributed by atoms with Gasteiger partial charge in [-0.2, -0.15) is 0 Å². The van der Waals surface area contributed by atoms with Gasteiger partial charge in [0.25, 0.3) is 5.69 Å². The Bertz CT molecular complexity index is 1010. The van der Waals surface area contributed by atoms with Crippen LogP contribution in [-0.4, -0.2) is 58.2 Å². The Kier molecular flexibility index (Phi) is 4.58. The maximum absolute atomic E-state index is 12.9. The van der Waals surface area contributed by atoms with Gasteiger partial charge in [0.05, 0.1) is 21.2 Å². The molecule has 1 aromatic carbocycles. The number of H-pyrrole nitrogens is 1. The molecule has 11 heteroatoms. The lowest BCUT2D eigenvalue weighted by molar-refractivity contribution is -0.384. The second-order valence-electron chi connectivity index (χ2n) is 7.38. The molecule has 0 bridgehead atoms. The molecule has 1 N–H and O–H groups in total. The Morgan fingerprint density at radius 2 is 2.11 bits per heavy atom. The van der Waals surface area contributed by atoms with Crippen molar-refractivity contribution in [3.8, 4) is 0 Å². The zero-order valence-corrected chi connectivity index (χ0v) is 15.9. The van der Waals surface area contributed by atoms with E-state index in [1.807, 2.05) is 0 Å². The molecule has 0 aliphatic carbocycles. The molecule has 1 aliphatic rings. The van der Waals surface area contributed by atoms with Crippen molar-refractivity contribution in [1.82, 2.24) is 14.9 Å². The standard InChI is InChI=1S/C16H20N4O6S/c1-16(2,3)26-15(21)19-7-6-11(9-19)27(24,25)14-17-12-5-4-10(20(22)23)8-13(12)18-14/h4-5,8,11H,6-7,9H2,1-3H3,(H,17,18)/t11-/m1/s1. The van der Waals surface area contributed by atoms with Gasteiger partial charge in [-0.1, -0.05) is 0 Å². The normalized spacial score (nSPS) is 18.0. The Hall–Kier alpha value is -2.69. The number of nitro groups is 1. The first-order valence-electron chi connectivity index (χ1n) is 8.33. The fourth-order valence-electron chi connectivity index (χ4n) is 2.85. The van der Waals surface area contributed by atoms with Gasteiger partial charge < -0.3 is 14.6 Å². The second-order valence-corrected chi connectivity index (χ2v) is 9.53. The number of carbonyl (C=O) groups is 1. The zero-order valence-electron chi connectivity index (χ0n) is 15.1. The van der Waals surface area contributed by atoms with Crippen molar-refractivity contribution in [2.24, 2.45) is 0 Å². The van der Waals surface area contributed by atoms with Crippen molar-refractivity contribution in [1.29, 1.82) is 0 Å². The van der Waals surface area contributed by atoms with Gasteiger partial charge in [0.2, 0.25) is 15.0 Å². The van der Waals surface area contributed by atoms with Gasteiger partial charge in [0, 0.05) is 25.2 Å². The number of carbonyl (C=O) groups excluding carboxylic acids is 1. The topological polar surface area (TPSA) is 136 Å². The molecule has 10 nitrogen and oxygen atoms in total. The van der Waals surface area contributed by atoms with Gasteiger partial charge >= 0.3 is 6.09 Å². The number of imidazole rings is 1. The largest absolute Gasteiger partial charge is 0.444 e. The summed E-state index contributed by atoms with van der Waals surface area (Å²) >= 11 is 0. The van der Waals surface area contributed by atoms with Crippen molar-refractivity contribution >= 4 is 32.7 Å². The van der Waals surface area contributed by atoms with E-state index in [-0.39, 0.29) is 35.9 Å². The Morgan fingerprint density at radius 1 is 1.41 bits per heavy atom. The molecule has 1 saturated heterocycles. The van der Waals surface area contributed by atoms with Crippen LogP contribution < -0.4 is 0 Å². The lowest BCUT2D eigenvalue weighted by Gasteiger charge is -2.24. The number of hydrogen-bond acceptors (Lipinski definition) is 7. The van der Waals surface area contributed by atoms with Crippen LogP contribution in [0.5, 0.6) is 0 Å². The fraction of sp³-hybridized carbons (Fsp3) is 0.500. The number of fused-ring (bicyclic) bond motifs is 1. The summed E-state index contributed by atoms with van der Waals surface area (Å²) < 4.78 is 31.0. The zero-order chi connectivity index (χ0) is 20.0. The number of rotatable bonds is 3. The molecule has 3 rings (SSSR count). The number of amides is 1. The van der Waals surface area contributed by atoms with Crippen molar-refractivity contribution < 1.29 is 22.9 Å². The number of ether oxygens (including phenoxy) is 1. The predicted octanol–water partition coefficient (Wildman–Crippen LogP) is 2.25. The molecule has 1 aromatic heterocycles. The lowest BCUT2D eigenvalue weighted by atomic mass is 10.2. The molecule has 0 unspecified atom stereocenters. The maximum atomic E-state index is 12.9. The van der Waals surface area contributed by atoms with Crippen LogP contribution in [0.2, 0.25) is 0 Å². The summed E-state index contributed by atoms with van der Waals surface area (Å²) in [5, 5.41) is 9.79. The fourth-order valence-corrected chi connectivity index (χ4v) is 4.44. The number of aromatic nitrogens is 2. The number of aromatic amines is 1. The molecule has 2 aromatic rings. The molecule has 0 spiro atoms. The number of nitrogens with one attached hydrogen (secondary N) is 1. The third kappa shape index (κ3) is 3.87. The van der Waals surface area contributed by atoms with Crippen molar-refractivity contribution in [2.45, 2.75) is 43.2 Å². The third-order valence-electron chi connectivity index (χ3n) is 4.16. The van der Waals surface area contributed by atoms with Crippen LogP contribution in [0, 0.1) is 10.1 Å². The van der Waals surface area contributed by atoms with E-state index in [4.69, 9.17) is 4.74 Å². The van der Waals surface area contributed by atoms with Crippen LogP contribution in [0.4, 0.5) is 10.5 Å². The summed E-state index contributed by atoms with van der Waals surface area (Å²) in [6.45, 7) is 5.49. The summed E-state index contributed by atoms with van der Waals surface area (Å²) in [4.78, 5) is 30.5. The van der Waals surface area contributed by atoms with E-state index >= 15 is 0 Å². The van der Waals surface area contributed by atoms with E-state index in [1.54, 1.807) is 20.8 Å². The van der Waals surface area contributed by atoms with Gasteiger partial charge in [-0.05, 0) is 33.3 Å². The number of hydrogen-bond donors (Lipinski definition) is 1. The molecular weight excluding hydrogens is 376 g/mol. The number of sulfone groups is 1. The van der Waals surface area contributed by atoms with Gasteiger partial charge in [-0.15, -0.1) is 0 Å². The molecule has 1 aliphatic heterocycles. The molecule has 2 heterocycles. The maximum Gasteiger partial charge on any atom is 0.410 e. The highest BCUT2D eigenvalue weighted by Gasteiger charge is 2.39. The minimum absolute atomic E-state index is 0.00837. The molecule has 1 amide bonds. The smallest absolute Gasteiger partial charge is 0.410 e. The highest BCUT2D eigenvalue weighted by molar-refractivity contribution is 7.91. The summed E-state index contributed by atoms with van der Waals surface area (Å²) in [6.07, 6.45) is -0.292. The van der Waals surface area contributed by atoms with E-state index < -0.39 is 31.7 Å². The van der Waals surface area contributed by atoms with Crippen molar-refractivity contribution in [3.05, 3.63) is 28.3 Å². The first-order valence-corrected chi connectivity index (χ1v) is 9.88. The van der Waals surface area contributed by atoms with E-state index in [1.165, 1.54) is 23.1 Å². The van der Waals surface area contributed by atoms with Crippen LogP contribution in [-0.2, 0) is 14.6 Å². The highest BCUT2D eigenvalue weighted by atomic mass is 32.2. The van der Waals surface area contributed by atoms with Crippen LogP contribution >= 0.6 is 0 Å². The summed E-state index contributed by atoms with van der Waals surface area (Å²) in [6, 6.07) is 3.90. The van der Waals surface area contributed by atoms with Crippen molar-refractivity contribution in [2.75, 3.05) is 13.1 Å². The average molecular weight is 396 g/mol. The number of nitro benzene ring substituents is 1. The SMILES string of the molecule is CC(C)(C)OC(=O)N1CC[C@@H](S(=O)(=O)c2nc3ccc([N+](=O)[O-])cc3[nH]2)C1. The van der Waals surface area contributed by atoms with Crippen molar-refractivity contribution in [3.63, 3.8) is 0 Å². The molecule has 0 saturated carbocycles. The van der Waals surface area contributed by atoms with Crippen LogP contribution in [0.1, 0.15) is 27.2 Å². The van der Waals surface area contributed by atoms with Crippen LogP contribution in [0.3, 0.4) is 0 Å². The number of non-ortho nitro benzene ring substituents is 1. The summed E-state index contributed by atoms with van der Waals surface area (Å²) in [5.41, 5.74) is -0.236. The number of benzene rings is 1. The first kappa shape index (κ1) is 19.1. The van der Waals surface area contributed by atoms with E-state index in [2.05, 4.69) is 9.97 Å². The molecule has 146 valence electrons. The minimum atomic E-state index is -3.83. The van der Waals surface area contributed by atoms with Crippen LogP contribution in [0.15, 0.2) is 23.4 Å². The van der Waals surface area contributed by atoms with E-state index in [9.17, 15) is 23.3 Å². The second kappa shape index (κ2) is 6.48. The molecular formula is C16H20N4O6S. The Labute approximate surface area is 155 Å². The quantitative estimate of drug-likeness (QED) is 0.621. The van der Waals surface area contributed by atoms with Gasteiger partial charge in [-0.3, -0.25) is 10.1 Å². The molecule has 27 heavy (non-hydrogen) atoms.